The number of nitrogens with zero attached hydrogens (tertiary/aromatic N) is 2. The van der Waals surface area contributed by atoms with Crippen LogP contribution in [0.5, 0.6) is 0 Å². The van der Waals surface area contributed by atoms with Crippen molar-refractivity contribution >= 4 is 22.4 Å². The standard InChI is InChI=1S/C9H14N2O7S/c1-2-17-8(12)7-4-3-6-5-10(7)9(13)11(6)18-19(14,15)16/h6-7H,2-5H2,1H3,(H,14,15,16)/t6-,7+/m1/s1. The van der Waals surface area contributed by atoms with Crippen LogP contribution in [-0.4, -0.2) is 60.2 Å². The molecule has 0 aromatic rings. The summed E-state index contributed by atoms with van der Waals surface area (Å²) in [5, 5.41) is 0.592. The van der Waals surface area contributed by atoms with Gasteiger partial charge in [0.1, 0.15) is 6.04 Å². The zero-order chi connectivity index (χ0) is 14.2. The number of hydrogen-bond acceptors (Lipinski definition) is 6. The van der Waals surface area contributed by atoms with Gasteiger partial charge in [0.25, 0.3) is 0 Å². The molecule has 0 radical (unpaired) electrons. The fourth-order valence-electron chi connectivity index (χ4n) is 2.32. The maximum atomic E-state index is 11.9. The summed E-state index contributed by atoms with van der Waals surface area (Å²) in [6.07, 6.45) is 0.752. The van der Waals surface area contributed by atoms with Gasteiger partial charge in [-0.2, -0.15) is 13.5 Å². The topological polar surface area (TPSA) is 113 Å². The van der Waals surface area contributed by atoms with E-state index >= 15 is 0 Å². The summed E-state index contributed by atoms with van der Waals surface area (Å²) >= 11 is 0. The first-order valence-electron chi connectivity index (χ1n) is 5.77. The average molecular weight is 294 g/mol. The molecule has 9 nitrogen and oxygen atoms in total. The minimum atomic E-state index is -4.76. The number of hydroxylamine groups is 2. The normalized spacial score (nSPS) is 26.7. The maximum Gasteiger partial charge on any atom is 0.418 e. The van der Waals surface area contributed by atoms with Crippen molar-refractivity contribution in [3.05, 3.63) is 0 Å². The van der Waals surface area contributed by atoms with Crippen LogP contribution in [0.2, 0.25) is 0 Å². The second kappa shape index (κ2) is 4.94. The molecule has 2 aliphatic rings. The minimum Gasteiger partial charge on any atom is -0.464 e. The summed E-state index contributed by atoms with van der Waals surface area (Å²) in [6, 6.07) is -2.00. The van der Waals surface area contributed by atoms with Crippen molar-refractivity contribution < 1.29 is 31.6 Å². The summed E-state index contributed by atoms with van der Waals surface area (Å²) in [5.41, 5.74) is 0. The maximum absolute atomic E-state index is 11.9. The lowest BCUT2D eigenvalue weighted by atomic mass is 10.0. The molecule has 2 heterocycles. The molecule has 0 saturated carbocycles. The van der Waals surface area contributed by atoms with E-state index in [1.165, 1.54) is 4.90 Å². The van der Waals surface area contributed by atoms with Crippen LogP contribution in [0.1, 0.15) is 19.8 Å². The van der Waals surface area contributed by atoms with E-state index in [1.54, 1.807) is 6.92 Å². The second-order valence-corrected chi connectivity index (χ2v) is 5.27. The van der Waals surface area contributed by atoms with Crippen molar-refractivity contribution in [3.8, 4) is 0 Å². The highest BCUT2D eigenvalue weighted by Crippen LogP contribution is 2.31. The Hall–Kier alpha value is -1.39. The Kier molecular flexibility index (Phi) is 3.65. The number of carbonyl (C=O) groups is 2. The van der Waals surface area contributed by atoms with E-state index in [-0.39, 0.29) is 13.2 Å². The molecule has 10 heteroatoms. The molecule has 2 amide bonds. The highest BCUT2D eigenvalue weighted by atomic mass is 32.3. The molecule has 19 heavy (non-hydrogen) atoms. The second-order valence-electron chi connectivity index (χ2n) is 4.26. The third-order valence-electron chi connectivity index (χ3n) is 3.06. The van der Waals surface area contributed by atoms with Crippen LogP contribution in [0, 0.1) is 0 Å². The lowest BCUT2D eigenvalue weighted by molar-refractivity contribution is -0.149. The van der Waals surface area contributed by atoms with E-state index in [4.69, 9.17) is 9.29 Å². The van der Waals surface area contributed by atoms with Gasteiger partial charge in [-0.1, -0.05) is 0 Å². The van der Waals surface area contributed by atoms with E-state index in [0.717, 1.165) is 0 Å². The molecule has 108 valence electrons. The molecule has 1 N–H and O–H groups in total. The minimum absolute atomic E-state index is 0.165. The molecule has 0 aromatic carbocycles. The SMILES string of the molecule is CCOC(=O)[C@@H]1CC[C@@H]2CN1C(=O)N2OS(=O)(=O)O. The largest absolute Gasteiger partial charge is 0.464 e. The van der Waals surface area contributed by atoms with E-state index in [9.17, 15) is 18.0 Å². The molecular weight excluding hydrogens is 280 g/mol. The van der Waals surface area contributed by atoms with Gasteiger partial charge >= 0.3 is 22.4 Å². The molecular formula is C9H14N2O7S. The predicted octanol–water partition coefficient (Wildman–Crippen LogP) is -0.447. The molecule has 0 spiro atoms. The number of amides is 2. The van der Waals surface area contributed by atoms with Crippen LogP contribution in [-0.2, 0) is 24.2 Å². The van der Waals surface area contributed by atoms with Gasteiger partial charge in [-0.3, -0.25) is 4.55 Å². The van der Waals surface area contributed by atoms with Crippen molar-refractivity contribution in [3.63, 3.8) is 0 Å². The monoisotopic (exact) mass is 294 g/mol. The Labute approximate surface area is 110 Å². The summed E-state index contributed by atoms with van der Waals surface area (Å²) in [5.74, 6) is -0.525. The Morgan fingerprint density at radius 1 is 1.47 bits per heavy atom. The first kappa shape index (κ1) is 14.0. The molecule has 0 aromatic heterocycles. The first-order valence-corrected chi connectivity index (χ1v) is 7.13. The number of fused-ring (bicyclic) bond motifs is 2. The van der Waals surface area contributed by atoms with Crippen molar-refractivity contribution in [1.82, 2.24) is 9.96 Å². The van der Waals surface area contributed by atoms with Gasteiger partial charge in [0.2, 0.25) is 0 Å². The number of hydrogen-bond donors (Lipinski definition) is 1. The van der Waals surface area contributed by atoms with E-state index in [1.807, 2.05) is 0 Å². The van der Waals surface area contributed by atoms with Crippen molar-refractivity contribution in [2.75, 3.05) is 13.2 Å². The molecule has 0 aliphatic carbocycles. The van der Waals surface area contributed by atoms with Gasteiger partial charge in [0, 0.05) is 6.54 Å². The van der Waals surface area contributed by atoms with E-state index < -0.39 is 34.5 Å². The first-order chi connectivity index (χ1) is 8.83. The number of ether oxygens (including phenoxy) is 1. The molecule has 2 bridgehead atoms. The van der Waals surface area contributed by atoms with Crippen molar-refractivity contribution in [2.45, 2.75) is 31.8 Å². The van der Waals surface area contributed by atoms with Crippen LogP contribution in [0.25, 0.3) is 0 Å². The Morgan fingerprint density at radius 3 is 2.74 bits per heavy atom. The highest BCUT2D eigenvalue weighted by Gasteiger charge is 2.49. The Morgan fingerprint density at radius 2 is 2.16 bits per heavy atom. The Bertz CT molecular complexity index is 491. The molecule has 2 fully saturated rings. The van der Waals surface area contributed by atoms with Crippen molar-refractivity contribution in [1.29, 1.82) is 0 Å². The molecule has 0 unspecified atom stereocenters. The van der Waals surface area contributed by atoms with Gasteiger partial charge in [0.15, 0.2) is 0 Å². The number of piperidine rings is 1. The van der Waals surface area contributed by atoms with Gasteiger partial charge in [0.05, 0.1) is 12.6 Å². The van der Waals surface area contributed by atoms with E-state index in [2.05, 4.69) is 4.28 Å². The summed E-state index contributed by atoms with van der Waals surface area (Å²) in [7, 11) is -4.76. The number of esters is 1. The number of rotatable bonds is 4. The zero-order valence-electron chi connectivity index (χ0n) is 10.2. The fourth-order valence-corrected chi connectivity index (χ4v) is 2.70. The summed E-state index contributed by atoms with van der Waals surface area (Å²) in [4.78, 5) is 24.8. The number of carbonyl (C=O) groups excluding carboxylic acids is 2. The lowest BCUT2D eigenvalue weighted by Gasteiger charge is -2.28. The van der Waals surface area contributed by atoms with Gasteiger partial charge in [-0.15, -0.1) is 4.28 Å². The fraction of sp³-hybridized carbons (Fsp3) is 0.778. The molecule has 2 atom stereocenters. The number of urea groups is 1. The van der Waals surface area contributed by atoms with Crippen LogP contribution in [0.4, 0.5) is 4.79 Å². The smallest absolute Gasteiger partial charge is 0.418 e. The van der Waals surface area contributed by atoms with Crippen LogP contribution < -0.4 is 0 Å². The van der Waals surface area contributed by atoms with Gasteiger partial charge < -0.3 is 9.64 Å². The van der Waals surface area contributed by atoms with Crippen LogP contribution >= 0.6 is 0 Å². The third-order valence-corrected chi connectivity index (χ3v) is 3.41. The van der Waals surface area contributed by atoms with Gasteiger partial charge in [-0.25, -0.2) is 9.59 Å². The van der Waals surface area contributed by atoms with E-state index in [0.29, 0.717) is 17.9 Å². The van der Waals surface area contributed by atoms with Crippen LogP contribution in [0.15, 0.2) is 0 Å². The lowest BCUT2D eigenvalue weighted by Crippen LogP contribution is -2.45. The third kappa shape index (κ3) is 2.80. The molecule has 2 aliphatic heterocycles. The molecule has 2 rings (SSSR count). The highest BCUT2D eigenvalue weighted by molar-refractivity contribution is 7.80. The summed E-state index contributed by atoms with van der Waals surface area (Å²) < 4.78 is 39.0. The Balaban J connectivity index is 2.13. The quantitative estimate of drug-likeness (QED) is 0.552. The molecule has 2 saturated heterocycles. The average Bonchev–Trinajstić information content (AvgIpc) is 2.53. The summed E-state index contributed by atoms with van der Waals surface area (Å²) in [6.45, 7) is 2.02. The predicted molar refractivity (Wildman–Crippen MR) is 60.0 cm³/mol. The van der Waals surface area contributed by atoms with Gasteiger partial charge in [-0.05, 0) is 19.8 Å². The van der Waals surface area contributed by atoms with Crippen molar-refractivity contribution in [2.24, 2.45) is 0 Å². The zero-order valence-corrected chi connectivity index (χ0v) is 11.0. The van der Waals surface area contributed by atoms with Crippen LogP contribution in [0.3, 0.4) is 0 Å².